The fourth-order valence-corrected chi connectivity index (χ4v) is 2.15. The molecule has 0 aliphatic heterocycles. The molecule has 0 fully saturated rings. The lowest BCUT2D eigenvalue weighted by molar-refractivity contribution is -0.121. The predicted molar refractivity (Wildman–Crippen MR) is 82.6 cm³/mol. The van der Waals surface area contributed by atoms with E-state index in [9.17, 15) is 4.79 Å². The molecule has 2 aromatic rings. The molecule has 2 rings (SSSR count). The lowest BCUT2D eigenvalue weighted by atomic mass is 10.2. The summed E-state index contributed by atoms with van der Waals surface area (Å²) in [5, 5.41) is 17.9. The number of aromatic nitrogens is 3. The van der Waals surface area contributed by atoms with Gasteiger partial charge in [-0.25, -0.2) is 0 Å². The highest BCUT2D eigenvalue weighted by Gasteiger charge is 2.10. The fourth-order valence-electron chi connectivity index (χ4n) is 1.93. The second kappa shape index (κ2) is 7.38. The molecule has 22 heavy (non-hydrogen) atoms. The van der Waals surface area contributed by atoms with E-state index in [2.05, 4.69) is 15.5 Å². The van der Waals surface area contributed by atoms with Crippen molar-refractivity contribution in [1.29, 1.82) is 5.26 Å². The summed E-state index contributed by atoms with van der Waals surface area (Å²) < 4.78 is 7.32. The number of aromatic amines is 1. The Morgan fingerprint density at radius 1 is 1.50 bits per heavy atom. The first kappa shape index (κ1) is 15.7. The summed E-state index contributed by atoms with van der Waals surface area (Å²) in [7, 11) is 1.60. The monoisotopic (exact) mass is 317 g/mol. The molecule has 1 heterocycles. The fraction of sp³-hybridized carbons (Fsp3) is 0.286. The molecule has 0 aliphatic carbocycles. The number of ether oxygens (including phenoxy) is 1. The maximum Gasteiger partial charge on any atom is 0.222 e. The largest absolute Gasteiger partial charge is 0.497 e. The molecular weight excluding hydrogens is 302 g/mol. The molecule has 1 aromatic heterocycles. The van der Waals surface area contributed by atoms with Gasteiger partial charge in [0, 0.05) is 18.5 Å². The van der Waals surface area contributed by atoms with E-state index < -0.39 is 0 Å². The molecule has 114 valence electrons. The van der Waals surface area contributed by atoms with Crippen molar-refractivity contribution < 1.29 is 9.53 Å². The van der Waals surface area contributed by atoms with E-state index >= 15 is 0 Å². The number of rotatable bonds is 6. The standard InChI is InChI=1S/C14H15N5O2S/c1-21-11-4-2-10(3-5-11)13-17-18-14(22)19(13)9-6-12(20)16-8-7-15/h2-5H,6,8-9H2,1H3,(H,16,20)(H,18,22). The number of methoxy groups -OCH3 is 1. The molecule has 0 aliphatic rings. The van der Waals surface area contributed by atoms with Crippen LogP contribution in [0.4, 0.5) is 0 Å². The van der Waals surface area contributed by atoms with Crippen LogP contribution in [0.2, 0.25) is 0 Å². The summed E-state index contributed by atoms with van der Waals surface area (Å²) >= 11 is 5.20. The van der Waals surface area contributed by atoms with E-state index in [0.717, 1.165) is 11.3 Å². The van der Waals surface area contributed by atoms with Crippen molar-refractivity contribution >= 4 is 18.1 Å². The van der Waals surface area contributed by atoms with Gasteiger partial charge in [-0.3, -0.25) is 14.5 Å². The first-order chi connectivity index (χ1) is 10.7. The van der Waals surface area contributed by atoms with E-state index in [4.69, 9.17) is 22.2 Å². The molecule has 8 heteroatoms. The van der Waals surface area contributed by atoms with Crippen molar-refractivity contribution in [3.8, 4) is 23.2 Å². The summed E-state index contributed by atoms with van der Waals surface area (Å²) in [6.07, 6.45) is 0.221. The number of carbonyl (C=O) groups excluding carboxylic acids is 1. The van der Waals surface area contributed by atoms with Gasteiger partial charge in [0.2, 0.25) is 5.91 Å². The van der Waals surface area contributed by atoms with Crippen molar-refractivity contribution in [2.24, 2.45) is 0 Å². The molecule has 0 bridgehead atoms. The second-order valence-corrected chi connectivity index (χ2v) is 4.80. The van der Waals surface area contributed by atoms with Crippen LogP contribution in [-0.2, 0) is 11.3 Å². The quantitative estimate of drug-likeness (QED) is 0.624. The number of carbonyl (C=O) groups is 1. The van der Waals surface area contributed by atoms with Gasteiger partial charge in [-0.15, -0.1) is 0 Å². The van der Waals surface area contributed by atoms with Gasteiger partial charge >= 0.3 is 0 Å². The van der Waals surface area contributed by atoms with Crippen LogP contribution in [0.15, 0.2) is 24.3 Å². The minimum atomic E-state index is -0.203. The second-order valence-electron chi connectivity index (χ2n) is 4.42. The smallest absolute Gasteiger partial charge is 0.222 e. The van der Waals surface area contributed by atoms with Gasteiger partial charge in [-0.1, -0.05) is 0 Å². The maximum absolute atomic E-state index is 11.6. The van der Waals surface area contributed by atoms with E-state index in [1.54, 1.807) is 11.7 Å². The van der Waals surface area contributed by atoms with Gasteiger partial charge in [0.05, 0.1) is 13.2 Å². The third-order valence-corrected chi connectivity index (χ3v) is 3.35. The van der Waals surface area contributed by atoms with Crippen LogP contribution >= 0.6 is 12.2 Å². The summed E-state index contributed by atoms with van der Waals surface area (Å²) in [4.78, 5) is 11.6. The number of hydrogen-bond donors (Lipinski definition) is 2. The van der Waals surface area contributed by atoms with Gasteiger partial charge < -0.3 is 10.1 Å². The normalized spacial score (nSPS) is 10.0. The van der Waals surface area contributed by atoms with E-state index in [1.807, 2.05) is 30.3 Å². The molecule has 0 atom stereocenters. The van der Waals surface area contributed by atoms with Crippen molar-refractivity contribution in [2.75, 3.05) is 13.7 Å². The Morgan fingerprint density at radius 2 is 2.23 bits per heavy atom. The average molecular weight is 317 g/mol. The lowest BCUT2D eigenvalue weighted by Crippen LogP contribution is -2.24. The van der Waals surface area contributed by atoms with Crippen molar-refractivity contribution in [2.45, 2.75) is 13.0 Å². The zero-order valence-electron chi connectivity index (χ0n) is 12.0. The molecule has 0 radical (unpaired) electrons. The van der Waals surface area contributed by atoms with Gasteiger partial charge in [-0.05, 0) is 36.5 Å². The number of hydrogen-bond acceptors (Lipinski definition) is 5. The zero-order valence-corrected chi connectivity index (χ0v) is 12.8. The van der Waals surface area contributed by atoms with Crippen LogP contribution in [0.3, 0.4) is 0 Å². The summed E-state index contributed by atoms with van der Waals surface area (Å²) in [5.41, 5.74) is 0.866. The third kappa shape index (κ3) is 3.71. The molecule has 0 saturated carbocycles. The molecular formula is C14H15N5O2S. The van der Waals surface area contributed by atoms with Crippen molar-refractivity contribution in [1.82, 2.24) is 20.1 Å². The van der Waals surface area contributed by atoms with Crippen LogP contribution in [0, 0.1) is 16.1 Å². The van der Waals surface area contributed by atoms with Crippen molar-refractivity contribution in [3.63, 3.8) is 0 Å². The van der Waals surface area contributed by atoms with Crippen LogP contribution in [-0.4, -0.2) is 34.3 Å². The molecule has 0 unspecified atom stereocenters. The number of amides is 1. The third-order valence-electron chi connectivity index (χ3n) is 3.03. The van der Waals surface area contributed by atoms with E-state index in [1.165, 1.54) is 0 Å². The average Bonchev–Trinajstić information content (AvgIpc) is 2.91. The summed E-state index contributed by atoms with van der Waals surface area (Å²) in [6, 6.07) is 9.26. The predicted octanol–water partition coefficient (Wildman–Crippen LogP) is 1.65. The summed E-state index contributed by atoms with van der Waals surface area (Å²) in [5.74, 6) is 1.20. The Kier molecular flexibility index (Phi) is 5.27. The zero-order chi connectivity index (χ0) is 15.9. The first-order valence-corrected chi connectivity index (χ1v) is 7.00. The molecule has 1 aromatic carbocycles. The van der Waals surface area contributed by atoms with Gasteiger partial charge in [0.25, 0.3) is 0 Å². The number of nitriles is 1. The van der Waals surface area contributed by atoms with Gasteiger partial charge in [0.1, 0.15) is 12.3 Å². The van der Waals surface area contributed by atoms with E-state index in [-0.39, 0.29) is 18.9 Å². The van der Waals surface area contributed by atoms with Crippen LogP contribution in [0.25, 0.3) is 11.4 Å². The highest BCUT2D eigenvalue weighted by molar-refractivity contribution is 7.71. The maximum atomic E-state index is 11.6. The van der Waals surface area contributed by atoms with Crippen LogP contribution in [0.5, 0.6) is 5.75 Å². The Balaban J connectivity index is 2.15. The Labute approximate surface area is 132 Å². The molecule has 7 nitrogen and oxygen atoms in total. The lowest BCUT2D eigenvalue weighted by Gasteiger charge is -2.07. The Bertz CT molecular complexity index is 742. The highest BCUT2D eigenvalue weighted by Crippen LogP contribution is 2.21. The highest BCUT2D eigenvalue weighted by atomic mass is 32.1. The molecule has 1 amide bonds. The van der Waals surface area contributed by atoms with Crippen LogP contribution in [0.1, 0.15) is 6.42 Å². The number of nitrogens with zero attached hydrogens (tertiary/aromatic N) is 3. The summed E-state index contributed by atoms with van der Waals surface area (Å²) in [6.45, 7) is 0.384. The number of nitrogens with one attached hydrogen (secondary N) is 2. The first-order valence-electron chi connectivity index (χ1n) is 6.59. The molecule has 0 saturated heterocycles. The Morgan fingerprint density at radius 3 is 2.86 bits per heavy atom. The molecule has 2 N–H and O–H groups in total. The van der Waals surface area contributed by atoms with Gasteiger partial charge in [0.15, 0.2) is 10.6 Å². The topological polar surface area (TPSA) is 95.7 Å². The minimum absolute atomic E-state index is 0.000948. The Hall–Kier alpha value is -2.66. The number of benzene rings is 1. The van der Waals surface area contributed by atoms with Gasteiger partial charge in [-0.2, -0.15) is 10.4 Å². The SMILES string of the molecule is COc1ccc(-c2n[nH]c(=S)n2CCC(=O)NCC#N)cc1. The van der Waals surface area contributed by atoms with E-state index in [0.29, 0.717) is 17.1 Å². The minimum Gasteiger partial charge on any atom is -0.497 e. The van der Waals surface area contributed by atoms with Crippen molar-refractivity contribution in [3.05, 3.63) is 29.0 Å². The number of H-pyrrole nitrogens is 1. The molecule has 0 spiro atoms. The van der Waals surface area contributed by atoms with Crippen LogP contribution < -0.4 is 10.1 Å².